The molecule has 1 aliphatic carbocycles. The van der Waals surface area contributed by atoms with Crippen molar-refractivity contribution in [1.29, 1.82) is 0 Å². The van der Waals surface area contributed by atoms with Gasteiger partial charge < -0.3 is 10.2 Å². The molecule has 1 aliphatic heterocycles. The maximum Gasteiger partial charge on any atom is 0.321 e. The molecule has 1 aromatic rings. The lowest BCUT2D eigenvalue weighted by molar-refractivity contribution is 0.115. The van der Waals surface area contributed by atoms with E-state index in [2.05, 4.69) is 10.2 Å². The largest absolute Gasteiger partial charge is 0.322 e. The summed E-state index contributed by atoms with van der Waals surface area (Å²) in [5.41, 5.74) is 0.678. The van der Waals surface area contributed by atoms with E-state index in [1.165, 1.54) is 25.7 Å². The second kappa shape index (κ2) is 7.07. The molecule has 1 saturated carbocycles. The van der Waals surface area contributed by atoms with Crippen molar-refractivity contribution in [1.82, 2.24) is 9.80 Å². The molecule has 0 bridgehead atoms. The summed E-state index contributed by atoms with van der Waals surface area (Å²) in [6.07, 6.45) is 5.33. The predicted octanol–water partition coefficient (Wildman–Crippen LogP) is 4.09. The van der Waals surface area contributed by atoms with Gasteiger partial charge in [0.25, 0.3) is 0 Å². The van der Waals surface area contributed by atoms with Crippen LogP contribution < -0.4 is 5.32 Å². The Morgan fingerprint density at radius 3 is 2.36 bits per heavy atom. The maximum absolute atomic E-state index is 12.3. The molecule has 0 atom stereocenters. The highest BCUT2D eigenvalue weighted by Crippen LogP contribution is 2.26. The number of hydrogen-bond acceptors (Lipinski definition) is 2. The highest BCUT2D eigenvalue weighted by molar-refractivity contribution is 6.42. The number of piperazine rings is 1. The van der Waals surface area contributed by atoms with Crippen molar-refractivity contribution in [3.63, 3.8) is 0 Å². The van der Waals surface area contributed by atoms with Crippen LogP contribution in [0.4, 0.5) is 10.5 Å². The van der Waals surface area contributed by atoms with E-state index < -0.39 is 0 Å². The fourth-order valence-corrected chi connectivity index (χ4v) is 3.63. The molecule has 1 heterocycles. The Morgan fingerprint density at radius 2 is 1.73 bits per heavy atom. The Labute approximate surface area is 141 Å². The average Bonchev–Trinajstić information content (AvgIpc) is 3.05. The summed E-state index contributed by atoms with van der Waals surface area (Å²) < 4.78 is 0. The van der Waals surface area contributed by atoms with Gasteiger partial charge in [0, 0.05) is 37.9 Å². The number of hydrogen-bond donors (Lipinski definition) is 1. The summed E-state index contributed by atoms with van der Waals surface area (Å²) in [5, 5.41) is 3.83. The molecule has 1 N–H and O–H groups in total. The van der Waals surface area contributed by atoms with Crippen LogP contribution in [0.5, 0.6) is 0 Å². The van der Waals surface area contributed by atoms with E-state index in [4.69, 9.17) is 23.2 Å². The summed E-state index contributed by atoms with van der Waals surface area (Å²) in [6.45, 7) is 3.51. The Balaban J connectivity index is 1.52. The SMILES string of the molecule is O=C(Nc1ccc(Cl)c(Cl)c1)N1CCN(C2CCCC2)CC1. The monoisotopic (exact) mass is 341 g/mol. The number of rotatable bonds is 2. The third kappa shape index (κ3) is 3.67. The standard InChI is InChI=1S/C16H21Cl2N3O/c17-14-6-5-12(11-15(14)18)19-16(22)21-9-7-20(8-10-21)13-3-1-2-4-13/h5-6,11,13H,1-4,7-10H2,(H,19,22). The van der Waals surface area contributed by atoms with E-state index in [-0.39, 0.29) is 6.03 Å². The molecule has 6 heteroatoms. The number of benzene rings is 1. The molecule has 3 rings (SSSR count). The van der Waals surface area contributed by atoms with Gasteiger partial charge >= 0.3 is 6.03 Å². The van der Waals surface area contributed by atoms with E-state index in [1.54, 1.807) is 18.2 Å². The van der Waals surface area contributed by atoms with Gasteiger partial charge in [-0.05, 0) is 31.0 Å². The summed E-state index contributed by atoms with van der Waals surface area (Å²) in [6, 6.07) is 5.80. The Morgan fingerprint density at radius 1 is 1.05 bits per heavy atom. The van der Waals surface area contributed by atoms with E-state index in [1.807, 2.05) is 4.90 Å². The fraction of sp³-hybridized carbons (Fsp3) is 0.562. The highest BCUT2D eigenvalue weighted by Gasteiger charge is 2.27. The number of urea groups is 1. The van der Waals surface area contributed by atoms with Crippen LogP contribution in [-0.2, 0) is 0 Å². The van der Waals surface area contributed by atoms with Crippen molar-refractivity contribution < 1.29 is 4.79 Å². The zero-order chi connectivity index (χ0) is 15.5. The van der Waals surface area contributed by atoms with Crippen LogP contribution in [0.2, 0.25) is 10.0 Å². The van der Waals surface area contributed by atoms with Crippen LogP contribution in [0.3, 0.4) is 0 Å². The molecule has 0 unspecified atom stereocenters. The van der Waals surface area contributed by atoms with Crippen molar-refractivity contribution in [3.05, 3.63) is 28.2 Å². The minimum absolute atomic E-state index is 0.0653. The maximum atomic E-state index is 12.3. The number of nitrogens with one attached hydrogen (secondary N) is 1. The Kier molecular flexibility index (Phi) is 5.11. The lowest BCUT2D eigenvalue weighted by atomic mass is 10.2. The predicted molar refractivity (Wildman–Crippen MR) is 90.9 cm³/mol. The number of halogens is 2. The average molecular weight is 342 g/mol. The van der Waals surface area contributed by atoms with Crippen molar-refractivity contribution in [3.8, 4) is 0 Å². The second-order valence-corrected chi connectivity index (χ2v) is 6.83. The molecular formula is C16H21Cl2N3O. The minimum atomic E-state index is -0.0653. The van der Waals surface area contributed by atoms with Crippen LogP contribution in [0.1, 0.15) is 25.7 Å². The highest BCUT2D eigenvalue weighted by atomic mass is 35.5. The Hall–Kier alpha value is -0.970. The second-order valence-electron chi connectivity index (χ2n) is 6.02. The molecular weight excluding hydrogens is 321 g/mol. The number of carbonyl (C=O) groups is 1. The van der Waals surface area contributed by atoms with Gasteiger partial charge in [0.1, 0.15) is 0 Å². The fourth-order valence-electron chi connectivity index (χ4n) is 3.34. The van der Waals surface area contributed by atoms with E-state index in [0.29, 0.717) is 15.7 Å². The van der Waals surface area contributed by atoms with Gasteiger partial charge in [-0.2, -0.15) is 0 Å². The molecule has 4 nitrogen and oxygen atoms in total. The number of amides is 2. The van der Waals surface area contributed by atoms with Gasteiger partial charge in [-0.25, -0.2) is 4.79 Å². The van der Waals surface area contributed by atoms with Crippen molar-refractivity contribution in [2.75, 3.05) is 31.5 Å². The first-order valence-corrected chi connectivity index (χ1v) is 8.64. The molecule has 1 saturated heterocycles. The number of anilines is 1. The van der Waals surface area contributed by atoms with Crippen molar-refractivity contribution in [2.24, 2.45) is 0 Å². The summed E-state index contributed by atoms with van der Waals surface area (Å²) in [4.78, 5) is 16.7. The van der Waals surface area contributed by atoms with E-state index in [9.17, 15) is 4.79 Å². The van der Waals surface area contributed by atoms with Gasteiger partial charge in [-0.15, -0.1) is 0 Å². The van der Waals surface area contributed by atoms with Crippen LogP contribution >= 0.6 is 23.2 Å². The first-order chi connectivity index (χ1) is 10.6. The van der Waals surface area contributed by atoms with E-state index in [0.717, 1.165) is 32.2 Å². The van der Waals surface area contributed by atoms with Crippen molar-refractivity contribution in [2.45, 2.75) is 31.7 Å². The van der Waals surface area contributed by atoms with Gasteiger partial charge in [0.05, 0.1) is 10.0 Å². The van der Waals surface area contributed by atoms with Gasteiger partial charge in [-0.3, -0.25) is 4.90 Å². The third-order valence-electron chi connectivity index (χ3n) is 4.61. The zero-order valence-electron chi connectivity index (χ0n) is 12.5. The summed E-state index contributed by atoms with van der Waals surface area (Å²) in [7, 11) is 0. The van der Waals surface area contributed by atoms with Crippen LogP contribution in [0.25, 0.3) is 0 Å². The topological polar surface area (TPSA) is 35.6 Å². The Bertz CT molecular complexity index is 538. The molecule has 0 radical (unpaired) electrons. The quantitative estimate of drug-likeness (QED) is 0.879. The lowest BCUT2D eigenvalue weighted by Crippen LogP contribution is -2.52. The minimum Gasteiger partial charge on any atom is -0.322 e. The van der Waals surface area contributed by atoms with Crippen LogP contribution in [-0.4, -0.2) is 48.1 Å². The number of carbonyl (C=O) groups excluding carboxylic acids is 1. The zero-order valence-corrected chi connectivity index (χ0v) is 14.0. The molecule has 0 aromatic heterocycles. The summed E-state index contributed by atoms with van der Waals surface area (Å²) in [5.74, 6) is 0. The first-order valence-electron chi connectivity index (χ1n) is 7.88. The van der Waals surface area contributed by atoms with Crippen molar-refractivity contribution >= 4 is 34.9 Å². The van der Waals surface area contributed by atoms with Gasteiger partial charge in [0.15, 0.2) is 0 Å². The number of nitrogens with zero attached hydrogens (tertiary/aromatic N) is 2. The lowest BCUT2D eigenvalue weighted by Gasteiger charge is -2.38. The normalized spacial score (nSPS) is 20.4. The third-order valence-corrected chi connectivity index (χ3v) is 5.35. The molecule has 2 amide bonds. The van der Waals surface area contributed by atoms with Crippen LogP contribution in [0.15, 0.2) is 18.2 Å². The molecule has 0 spiro atoms. The molecule has 22 heavy (non-hydrogen) atoms. The van der Waals surface area contributed by atoms with Gasteiger partial charge in [-0.1, -0.05) is 36.0 Å². The molecule has 2 fully saturated rings. The molecule has 2 aliphatic rings. The van der Waals surface area contributed by atoms with Gasteiger partial charge in [0.2, 0.25) is 0 Å². The van der Waals surface area contributed by atoms with Crippen LogP contribution in [0, 0.1) is 0 Å². The smallest absolute Gasteiger partial charge is 0.321 e. The van der Waals surface area contributed by atoms with E-state index >= 15 is 0 Å². The first kappa shape index (κ1) is 15.9. The molecule has 120 valence electrons. The summed E-state index contributed by atoms with van der Waals surface area (Å²) >= 11 is 11.9. The molecule has 1 aromatic carbocycles.